The summed E-state index contributed by atoms with van der Waals surface area (Å²) in [6.07, 6.45) is 4.72. The van der Waals surface area contributed by atoms with Crippen LogP contribution in [0.5, 0.6) is 11.8 Å². The van der Waals surface area contributed by atoms with E-state index in [1.807, 2.05) is 6.92 Å². The number of nitrogens with one attached hydrogen (secondary N) is 1. The van der Waals surface area contributed by atoms with Crippen molar-refractivity contribution in [3.05, 3.63) is 36.7 Å². The zero-order valence-electron chi connectivity index (χ0n) is 13.7. The van der Waals surface area contributed by atoms with Crippen molar-refractivity contribution >= 4 is 15.7 Å². The average Bonchev–Trinajstić information content (AvgIpc) is 2.57. The van der Waals surface area contributed by atoms with Gasteiger partial charge in [0.15, 0.2) is 0 Å². The minimum absolute atomic E-state index is 0.138. The molecule has 0 saturated heterocycles. The lowest BCUT2D eigenvalue weighted by molar-refractivity contribution is 0.309. The lowest BCUT2D eigenvalue weighted by Crippen LogP contribution is -2.13. The van der Waals surface area contributed by atoms with Gasteiger partial charge in [0.25, 0.3) is 10.0 Å². The maximum Gasteiger partial charge on any atom is 0.316 e. The molecular weight excluding hydrogens is 330 g/mol. The summed E-state index contributed by atoms with van der Waals surface area (Å²) in [5.74, 6) is 0.645. The molecular formula is C16H21N3O4S. The third kappa shape index (κ3) is 5.09. The smallest absolute Gasteiger partial charge is 0.316 e. The maximum absolute atomic E-state index is 12.3. The Balaban J connectivity index is 2.03. The lowest BCUT2D eigenvalue weighted by atomic mass is 10.3. The Morgan fingerprint density at radius 3 is 2.29 bits per heavy atom. The molecule has 1 heterocycles. The molecule has 1 N–H and O–H groups in total. The summed E-state index contributed by atoms with van der Waals surface area (Å²) in [5.41, 5.74) is 0.265. The minimum Gasteiger partial charge on any atom is -0.494 e. The summed E-state index contributed by atoms with van der Waals surface area (Å²) >= 11 is 0. The first kappa shape index (κ1) is 18.0. The van der Waals surface area contributed by atoms with Crippen LogP contribution in [0.25, 0.3) is 0 Å². The molecule has 2 aromatic rings. The van der Waals surface area contributed by atoms with Crippen molar-refractivity contribution in [1.82, 2.24) is 9.97 Å². The molecule has 8 heteroatoms. The quantitative estimate of drug-likeness (QED) is 0.699. The molecule has 130 valence electrons. The Kier molecular flexibility index (Phi) is 6.36. The van der Waals surface area contributed by atoms with Gasteiger partial charge in [-0.2, -0.15) is 0 Å². The number of rotatable bonds is 9. The molecule has 0 saturated carbocycles. The fourth-order valence-corrected chi connectivity index (χ4v) is 2.86. The first-order chi connectivity index (χ1) is 11.5. The minimum atomic E-state index is -3.71. The number of unbranched alkanes of at least 4 members (excludes halogenated alkanes) is 1. The van der Waals surface area contributed by atoms with Crippen LogP contribution in [0.1, 0.15) is 26.7 Å². The molecule has 0 spiro atoms. The molecule has 0 radical (unpaired) electrons. The summed E-state index contributed by atoms with van der Waals surface area (Å²) < 4.78 is 37.8. The third-order valence-electron chi connectivity index (χ3n) is 3.05. The van der Waals surface area contributed by atoms with Crippen LogP contribution < -0.4 is 14.2 Å². The molecule has 1 aromatic heterocycles. The second-order valence-corrected chi connectivity index (χ2v) is 6.65. The van der Waals surface area contributed by atoms with Crippen molar-refractivity contribution in [1.29, 1.82) is 0 Å². The molecule has 0 aliphatic heterocycles. The Bertz CT molecular complexity index is 731. The van der Waals surface area contributed by atoms with E-state index < -0.39 is 10.0 Å². The number of hydrogen-bond acceptors (Lipinski definition) is 6. The summed E-state index contributed by atoms with van der Waals surface area (Å²) in [6.45, 7) is 4.95. The number of hydrogen-bond donors (Lipinski definition) is 1. The van der Waals surface area contributed by atoms with Crippen LogP contribution in [-0.2, 0) is 10.0 Å². The van der Waals surface area contributed by atoms with Crippen molar-refractivity contribution in [3.63, 3.8) is 0 Å². The Hall–Kier alpha value is -2.35. The van der Waals surface area contributed by atoms with Crippen molar-refractivity contribution in [2.45, 2.75) is 31.6 Å². The van der Waals surface area contributed by atoms with E-state index in [-0.39, 0.29) is 16.6 Å². The predicted molar refractivity (Wildman–Crippen MR) is 90.9 cm³/mol. The average molecular weight is 351 g/mol. The normalized spacial score (nSPS) is 11.1. The van der Waals surface area contributed by atoms with Crippen LogP contribution in [0.3, 0.4) is 0 Å². The predicted octanol–water partition coefficient (Wildman–Crippen LogP) is 2.86. The summed E-state index contributed by atoms with van der Waals surface area (Å²) in [5, 5.41) is 0. The van der Waals surface area contributed by atoms with E-state index in [1.54, 1.807) is 12.1 Å². The van der Waals surface area contributed by atoms with Gasteiger partial charge in [-0.05, 0) is 37.6 Å². The Morgan fingerprint density at radius 2 is 1.71 bits per heavy atom. The van der Waals surface area contributed by atoms with Gasteiger partial charge in [-0.15, -0.1) is 0 Å². The second-order valence-electron chi connectivity index (χ2n) is 4.97. The number of anilines is 1. The van der Waals surface area contributed by atoms with E-state index in [1.165, 1.54) is 24.5 Å². The maximum atomic E-state index is 12.3. The van der Waals surface area contributed by atoms with Crippen molar-refractivity contribution < 1.29 is 17.9 Å². The molecule has 0 bridgehead atoms. The highest BCUT2D eigenvalue weighted by Crippen LogP contribution is 2.19. The van der Waals surface area contributed by atoms with E-state index >= 15 is 0 Å². The monoisotopic (exact) mass is 351 g/mol. The Labute approximate surface area is 142 Å². The van der Waals surface area contributed by atoms with E-state index in [2.05, 4.69) is 21.6 Å². The van der Waals surface area contributed by atoms with Crippen LogP contribution in [0.15, 0.2) is 41.6 Å². The van der Waals surface area contributed by atoms with E-state index in [0.29, 0.717) is 19.0 Å². The second kappa shape index (κ2) is 8.49. The van der Waals surface area contributed by atoms with Crippen LogP contribution in [0.4, 0.5) is 5.69 Å². The van der Waals surface area contributed by atoms with Crippen LogP contribution >= 0.6 is 0 Å². The van der Waals surface area contributed by atoms with Gasteiger partial charge in [-0.25, -0.2) is 18.4 Å². The standard InChI is InChI=1S/C16H21N3O4S/c1-3-5-10-23-14-6-8-15(9-7-14)24(20,21)19-13-11-17-16(18-12-13)22-4-2/h6-9,11-12,19H,3-5,10H2,1-2H3. The lowest BCUT2D eigenvalue weighted by Gasteiger charge is -2.09. The number of nitrogens with zero attached hydrogens (tertiary/aromatic N) is 2. The molecule has 0 fully saturated rings. The molecule has 0 amide bonds. The van der Waals surface area contributed by atoms with Gasteiger partial charge in [0.05, 0.1) is 36.2 Å². The topological polar surface area (TPSA) is 90.4 Å². The third-order valence-corrected chi connectivity index (χ3v) is 4.45. The molecule has 0 aliphatic carbocycles. The molecule has 1 aromatic carbocycles. The molecule has 2 rings (SSSR count). The number of benzene rings is 1. The SMILES string of the molecule is CCCCOc1ccc(S(=O)(=O)Nc2cnc(OCC)nc2)cc1. The van der Waals surface area contributed by atoms with Crippen LogP contribution in [-0.4, -0.2) is 31.6 Å². The molecule has 24 heavy (non-hydrogen) atoms. The van der Waals surface area contributed by atoms with E-state index in [9.17, 15) is 8.42 Å². The highest BCUT2D eigenvalue weighted by Gasteiger charge is 2.15. The number of aromatic nitrogens is 2. The zero-order chi connectivity index (χ0) is 17.4. The van der Waals surface area contributed by atoms with Gasteiger partial charge < -0.3 is 9.47 Å². The molecule has 0 atom stereocenters. The van der Waals surface area contributed by atoms with Gasteiger partial charge in [0.2, 0.25) is 0 Å². The summed E-state index contributed by atoms with van der Waals surface area (Å²) in [6, 6.07) is 6.48. The highest BCUT2D eigenvalue weighted by molar-refractivity contribution is 7.92. The van der Waals surface area contributed by atoms with Gasteiger partial charge >= 0.3 is 6.01 Å². The van der Waals surface area contributed by atoms with Gasteiger partial charge in [-0.1, -0.05) is 13.3 Å². The fraction of sp³-hybridized carbons (Fsp3) is 0.375. The number of ether oxygens (including phenoxy) is 2. The van der Waals surface area contributed by atoms with Gasteiger partial charge in [0, 0.05) is 0 Å². The zero-order valence-corrected chi connectivity index (χ0v) is 14.5. The summed E-state index contributed by atoms with van der Waals surface area (Å²) in [7, 11) is -3.71. The largest absolute Gasteiger partial charge is 0.494 e. The molecule has 0 unspecified atom stereocenters. The fourth-order valence-electron chi connectivity index (χ4n) is 1.84. The summed E-state index contributed by atoms with van der Waals surface area (Å²) in [4.78, 5) is 7.98. The van der Waals surface area contributed by atoms with Crippen LogP contribution in [0.2, 0.25) is 0 Å². The van der Waals surface area contributed by atoms with Crippen molar-refractivity contribution in [2.24, 2.45) is 0 Å². The first-order valence-corrected chi connectivity index (χ1v) is 9.24. The highest BCUT2D eigenvalue weighted by atomic mass is 32.2. The Morgan fingerprint density at radius 1 is 1.04 bits per heavy atom. The van der Waals surface area contributed by atoms with E-state index in [0.717, 1.165) is 12.8 Å². The van der Waals surface area contributed by atoms with Gasteiger partial charge in [0.1, 0.15) is 5.75 Å². The van der Waals surface area contributed by atoms with E-state index in [4.69, 9.17) is 9.47 Å². The first-order valence-electron chi connectivity index (χ1n) is 7.75. The van der Waals surface area contributed by atoms with Crippen LogP contribution in [0, 0.1) is 0 Å². The number of sulfonamides is 1. The molecule has 7 nitrogen and oxygen atoms in total. The van der Waals surface area contributed by atoms with Crippen molar-refractivity contribution in [2.75, 3.05) is 17.9 Å². The van der Waals surface area contributed by atoms with Crippen molar-refractivity contribution in [3.8, 4) is 11.8 Å². The van der Waals surface area contributed by atoms with Gasteiger partial charge in [-0.3, -0.25) is 4.72 Å². The molecule has 0 aliphatic rings.